The molecule has 2 aliphatic heterocycles. The third-order valence-electron chi connectivity index (χ3n) is 5.20. The first kappa shape index (κ1) is 19.1. The zero-order valence-electron chi connectivity index (χ0n) is 15.9. The highest BCUT2D eigenvalue weighted by Crippen LogP contribution is 2.34. The summed E-state index contributed by atoms with van der Waals surface area (Å²) in [4.78, 5) is 26.3. The van der Waals surface area contributed by atoms with E-state index < -0.39 is 6.03 Å². The van der Waals surface area contributed by atoms with Crippen LogP contribution in [0.1, 0.15) is 24.3 Å². The second kappa shape index (κ2) is 8.40. The number of hydrogen-bond donors (Lipinski definition) is 3. The number of urea groups is 1. The van der Waals surface area contributed by atoms with Crippen LogP contribution in [0.3, 0.4) is 0 Å². The standard InChI is InChI=1S/C21H23N3O5/c25-17-4-1-14(2-5-17)15-7-9-24(10-8-15)12-20(26)23-21(27)22-16-3-6-18-19(11-16)29-13-28-18/h1-6,11,15,25H,7-10,12-13H2,(H2,22,23,26,27). The summed E-state index contributed by atoms with van der Waals surface area (Å²) >= 11 is 0. The van der Waals surface area contributed by atoms with Gasteiger partial charge in [0, 0.05) is 11.8 Å². The van der Waals surface area contributed by atoms with Crippen LogP contribution in [-0.2, 0) is 4.79 Å². The summed E-state index contributed by atoms with van der Waals surface area (Å²) in [6.07, 6.45) is 1.86. The predicted octanol–water partition coefficient (Wildman–Crippen LogP) is 2.65. The van der Waals surface area contributed by atoms with Gasteiger partial charge in [0.05, 0.1) is 6.54 Å². The number of imide groups is 1. The van der Waals surface area contributed by atoms with E-state index in [0.29, 0.717) is 23.1 Å². The molecule has 0 aromatic heterocycles. The highest BCUT2D eigenvalue weighted by atomic mass is 16.7. The van der Waals surface area contributed by atoms with Crippen molar-refractivity contribution < 1.29 is 24.2 Å². The number of likely N-dealkylation sites (tertiary alicyclic amines) is 1. The molecule has 0 spiro atoms. The van der Waals surface area contributed by atoms with Crippen LogP contribution in [0.15, 0.2) is 42.5 Å². The summed E-state index contributed by atoms with van der Waals surface area (Å²) in [6.45, 7) is 1.90. The highest BCUT2D eigenvalue weighted by molar-refractivity contribution is 6.01. The molecule has 2 heterocycles. The maximum atomic E-state index is 12.2. The Labute approximate surface area is 168 Å². The van der Waals surface area contributed by atoms with Gasteiger partial charge in [0.15, 0.2) is 11.5 Å². The summed E-state index contributed by atoms with van der Waals surface area (Å²) in [7, 11) is 0. The number of benzene rings is 2. The van der Waals surface area contributed by atoms with Crippen LogP contribution in [0.5, 0.6) is 17.2 Å². The van der Waals surface area contributed by atoms with Gasteiger partial charge >= 0.3 is 6.03 Å². The molecule has 0 saturated carbocycles. The van der Waals surface area contributed by atoms with Gasteiger partial charge < -0.3 is 19.9 Å². The maximum Gasteiger partial charge on any atom is 0.325 e. The fourth-order valence-electron chi connectivity index (χ4n) is 3.68. The van der Waals surface area contributed by atoms with Crippen molar-refractivity contribution in [2.45, 2.75) is 18.8 Å². The van der Waals surface area contributed by atoms with E-state index in [9.17, 15) is 14.7 Å². The van der Waals surface area contributed by atoms with Crippen LogP contribution in [0.25, 0.3) is 0 Å². The fraction of sp³-hybridized carbons (Fsp3) is 0.333. The van der Waals surface area contributed by atoms with Gasteiger partial charge in [-0.3, -0.25) is 15.0 Å². The van der Waals surface area contributed by atoms with Gasteiger partial charge in [-0.25, -0.2) is 4.79 Å². The Balaban J connectivity index is 1.22. The molecule has 2 aliphatic rings. The minimum atomic E-state index is -0.576. The number of rotatable bonds is 4. The van der Waals surface area contributed by atoms with E-state index in [2.05, 4.69) is 10.6 Å². The number of phenolic OH excluding ortho intramolecular Hbond substituents is 1. The zero-order valence-corrected chi connectivity index (χ0v) is 15.9. The SMILES string of the molecule is O=C(CN1CCC(c2ccc(O)cc2)CC1)NC(=O)Nc1ccc2c(c1)OCO2. The largest absolute Gasteiger partial charge is 0.508 e. The van der Waals surface area contributed by atoms with E-state index in [1.807, 2.05) is 17.0 Å². The van der Waals surface area contributed by atoms with Crippen molar-refractivity contribution in [3.63, 3.8) is 0 Å². The lowest BCUT2D eigenvalue weighted by Crippen LogP contribution is -2.44. The Morgan fingerprint density at radius 1 is 1.03 bits per heavy atom. The fourth-order valence-corrected chi connectivity index (χ4v) is 3.68. The predicted molar refractivity (Wildman–Crippen MR) is 106 cm³/mol. The molecule has 2 aromatic rings. The Kier molecular flexibility index (Phi) is 5.53. The van der Waals surface area contributed by atoms with E-state index in [-0.39, 0.29) is 25.0 Å². The van der Waals surface area contributed by atoms with Crippen LogP contribution in [-0.4, -0.2) is 48.4 Å². The molecule has 0 radical (unpaired) electrons. The first-order chi connectivity index (χ1) is 14.1. The molecule has 1 saturated heterocycles. The van der Waals surface area contributed by atoms with Crippen LogP contribution in [0, 0.1) is 0 Å². The van der Waals surface area contributed by atoms with Crippen LogP contribution in [0.2, 0.25) is 0 Å². The molecule has 3 amide bonds. The van der Waals surface area contributed by atoms with E-state index in [0.717, 1.165) is 25.9 Å². The molecule has 3 N–H and O–H groups in total. The molecule has 0 atom stereocenters. The number of anilines is 1. The van der Waals surface area contributed by atoms with Crippen molar-refractivity contribution in [1.82, 2.24) is 10.2 Å². The molecule has 0 bridgehead atoms. The summed E-state index contributed by atoms with van der Waals surface area (Å²) in [5.74, 6) is 1.53. The van der Waals surface area contributed by atoms with Crippen molar-refractivity contribution >= 4 is 17.6 Å². The van der Waals surface area contributed by atoms with Crippen molar-refractivity contribution in [1.29, 1.82) is 0 Å². The van der Waals surface area contributed by atoms with Gasteiger partial charge in [-0.1, -0.05) is 12.1 Å². The third-order valence-corrected chi connectivity index (χ3v) is 5.20. The third kappa shape index (κ3) is 4.78. The molecule has 0 aliphatic carbocycles. The van der Waals surface area contributed by atoms with Gasteiger partial charge in [-0.15, -0.1) is 0 Å². The van der Waals surface area contributed by atoms with Gasteiger partial charge in [-0.05, 0) is 61.7 Å². The monoisotopic (exact) mass is 397 g/mol. The second-order valence-electron chi connectivity index (χ2n) is 7.21. The minimum absolute atomic E-state index is 0.160. The number of amides is 3. The van der Waals surface area contributed by atoms with Gasteiger partial charge in [0.25, 0.3) is 0 Å². The number of phenols is 1. The Hall–Kier alpha value is -3.26. The summed E-state index contributed by atoms with van der Waals surface area (Å²) < 4.78 is 10.5. The molecular weight excluding hydrogens is 374 g/mol. The van der Waals surface area contributed by atoms with E-state index in [4.69, 9.17) is 9.47 Å². The first-order valence-corrected chi connectivity index (χ1v) is 9.58. The molecule has 1 fully saturated rings. The zero-order chi connectivity index (χ0) is 20.2. The lowest BCUT2D eigenvalue weighted by molar-refractivity contribution is -0.121. The molecule has 4 rings (SSSR count). The Morgan fingerprint density at radius 2 is 1.76 bits per heavy atom. The number of carbonyl (C=O) groups is 2. The Morgan fingerprint density at radius 3 is 2.52 bits per heavy atom. The number of ether oxygens (including phenoxy) is 2. The molecular formula is C21H23N3O5. The van der Waals surface area contributed by atoms with Gasteiger partial charge in [0.2, 0.25) is 12.7 Å². The molecule has 2 aromatic carbocycles. The first-order valence-electron chi connectivity index (χ1n) is 9.58. The lowest BCUT2D eigenvalue weighted by Gasteiger charge is -2.31. The quantitative estimate of drug-likeness (QED) is 0.733. The lowest BCUT2D eigenvalue weighted by atomic mass is 9.89. The molecule has 152 valence electrons. The topological polar surface area (TPSA) is 100 Å². The number of aromatic hydroxyl groups is 1. The number of fused-ring (bicyclic) bond motifs is 1. The Bertz CT molecular complexity index is 892. The van der Waals surface area contributed by atoms with E-state index >= 15 is 0 Å². The molecule has 8 heteroatoms. The number of carbonyl (C=O) groups excluding carboxylic acids is 2. The maximum absolute atomic E-state index is 12.2. The van der Waals surface area contributed by atoms with Crippen LogP contribution in [0.4, 0.5) is 10.5 Å². The number of nitrogens with one attached hydrogen (secondary N) is 2. The normalized spacial score (nSPS) is 16.4. The average molecular weight is 397 g/mol. The second-order valence-corrected chi connectivity index (χ2v) is 7.21. The highest BCUT2D eigenvalue weighted by Gasteiger charge is 2.23. The number of nitrogens with zero attached hydrogens (tertiary/aromatic N) is 1. The van der Waals surface area contributed by atoms with Crippen molar-refractivity contribution in [3.05, 3.63) is 48.0 Å². The van der Waals surface area contributed by atoms with Crippen molar-refractivity contribution in [2.24, 2.45) is 0 Å². The van der Waals surface area contributed by atoms with Crippen LogP contribution >= 0.6 is 0 Å². The molecule has 8 nitrogen and oxygen atoms in total. The minimum Gasteiger partial charge on any atom is -0.508 e. The molecule has 29 heavy (non-hydrogen) atoms. The van der Waals surface area contributed by atoms with E-state index in [1.165, 1.54) is 5.56 Å². The summed E-state index contributed by atoms with van der Waals surface area (Å²) in [5, 5.41) is 14.4. The number of piperidine rings is 1. The van der Waals surface area contributed by atoms with Crippen LogP contribution < -0.4 is 20.1 Å². The smallest absolute Gasteiger partial charge is 0.325 e. The summed E-state index contributed by atoms with van der Waals surface area (Å²) in [5.41, 5.74) is 1.73. The van der Waals surface area contributed by atoms with Crippen molar-refractivity contribution in [3.8, 4) is 17.2 Å². The van der Waals surface area contributed by atoms with Gasteiger partial charge in [0.1, 0.15) is 5.75 Å². The average Bonchev–Trinajstić information content (AvgIpc) is 3.17. The molecule has 0 unspecified atom stereocenters. The summed E-state index contributed by atoms with van der Waals surface area (Å²) in [6, 6.07) is 11.8. The number of hydrogen-bond acceptors (Lipinski definition) is 6. The van der Waals surface area contributed by atoms with E-state index in [1.54, 1.807) is 30.3 Å². The van der Waals surface area contributed by atoms with Crippen molar-refractivity contribution in [2.75, 3.05) is 31.7 Å². The van der Waals surface area contributed by atoms with Gasteiger partial charge in [-0.2, -0.15) is 0 Å².